The molecule has 3 heteroatoms. The second-order valence-electron chi connectivity index (χ2n) is 1.90. The molecule has 0 bridgehead atoms. The van der Waals surface area contributed by atoms with Gasteiger partial charge in [0.2, 0.25) is 0 Å². The van der Waals surface area contributed by atoms with Gasteiger partial charge in [0.25, 0.3) is 0 Å². The fourth-order valence-corrected chi connectivity index (χ4v) is 0.715. The van der Waals surface area contributed by atoms with Crippen molar-refractivity contribution >= 4 is 0 Å². The van der Waals surface area contributed by atoms with E-state index < -0.39 is 0 Å². The van der Waals surface area contributed by atoms with E-state index in [1.54, 1.807) is 0 Å². The van der Waals surface area contributed by atoms with Crippen molar-refractivity contribution in [1.82, 2.24) is 0 Å². The van der Waals surface area contributed by atoms with Crippen LogP contribution in [0.3, 0.4) is 0 Å². The molecule has 0 N–H and O–H groups in total. The predicted octanol–water partition coefficient (Wildman–Crippen LogP) is -3.61. The fourth-order valence-electron chi connectivity index (χ4n) is 0.715. The fraction of sp³-hybridized carbons (Fsp3) is 1.00. The smallest absolute Gasteiger partial charge is 0.854 e. The van der Waals surface area contributed by atoms with Gasteiger partial charge in [-0.15, -0.1) is 6.61 Å². The van der Waals surface area contributed by atoms with Gasteiger partial charge in [0, 0.05) is 13.2 Å². The first-order valence-electron chi connectivity index (χ1n) is 2.59. The van der Waals surface area contributed by atoms with E-state index in [4.69, 9.17) is 4.74 Å². The van der Waals surface area contributed by atoms with Crippen LogP contribution in [0.1, 0.15) is 6.42 Å². The van der Waals surface area contributed by atoms with Gasteiger partial charge in [-0.3, -0.25) is 0 Å². The Morgan fingerprint density at radius 1 is 1.62 bits per heavy atom. The van der Waals surface area contributed by atoms with E-state index in [1.165, 1.54) is 0 Å². The van der Waals surface area contributed by atoms with Crippen LogP contribution in [-0.4, -0.2) is 19.8 Å². The molecule has 0 aromatic carbocycles. The number of ether oxygens (including phenoxy) is 1. The quantitative estimate of drug-likeness (QED) is 0.352. The summed E-state index contributed by atoms with van der Waals surface area (Å²) >= 11 is 0. The van der Waals surface area contributed by atoms with Gasteiger partial charge in [0.05, 0.1) is 0 Å². The minimum Gasteiger partial charge on any atom is -0.854 e. The largest absolute Gasteiger partial charge is 1.00 e. The molecule has 0 aliphatic carbocycles. The van der Waals surface area contributed by atoms with Crippen molar-refractivity contribution in [2.24, 2.45) is 5.92 Å². The van der Waals surface area contributed by atoms with Gasteiger partial charge in [-0.2, -0.15) is 0 Å². The molecule has 1 aliphatic rings. The summed E-state index contributed by atoms with van der Waals surface area (Å²) in [6.07, 6.45) is 0.976. The Bertz CT molecular complexity index is 52.4. The monoisotopic (exact) mass is 140 g/mol. The van der Waals surface area contributed by atoms with Crippen LogP contribution in [0.25, 0.3) is 0 Å². The van der Waals surface area contributed by atoms with Gasteiger partial charge in [-0.25, -0.2) is 0 Å². The van der Waals surface area contributed by atoms with Crippen LogP contribution in [0.5, 0.6) is 0 Å². The van der Waals surface area contributed by atoms with E-state index in [0.29, 0.717) is 12.5 Å². The van der Waals surface area contributed by atoms with Crippen molar-refractivity contribution in [1.29, 1.82) is 0 Å². The molecule has 1 atom stereocenters. The van der Waals surface area contributed by atoms with Crippen LogP contribution in [0.15, 0.2) is 0 Å². The van der Waals surface area contributed by atoms with Gasteiger partial charge in [-0.05, 0) is 12.3 Å². The Morgan fingerprint density at radius 2 is 2.38 bits per heavy atom. The third kappa shape index (κ3) is 2.91. The summed E-state index contributed by atoms with van der Waals surface area (Å²) in [4.78, 5) is 0. The average molecular weight is 140 g/mol. The van der Waals surface area contributed by atoms with E-state index in [0.717, 1.165) is 13.0 Å². The maximum absolute atomic E-state index is 10.1. The molecule has 0 aromatic rings. The molecule has 1 unspecified atom stereocenters. The molecule has 0 saturated carbocycles. The molecule has 0 radical (unpaired) electrons. The summed E-state index contributed by atoms with van der Waals surface area (Å²) < 4.78 is 4.95. The Hall–Kier alpha value is 1.56. The molecule has 8 heavy (non-hydrogen) atoms. The summed E-state index contributed by atoms with van der Waals surface area (Å²) in [7, 11) is 0. The van der Waals surface area contributed by atoms with Crippen LogP contribution >= 0.6 is 0 Å². The molecule has 1 saturated heterocycles. The molecular formula is C5H9KO2. The third-order valence-corrected chi connectivity index (χ3v) is 1.26. The Labute approximate surface area is 92.0 Å². The van der Waals surface area contributed by atoms with Crippen molar-refractivity contribution in [3.63, 3.8) is 0 Å². The van der Waals surface area contributed by atoms with Gasteiger partial charge in [-0.1, -0.05) is 0 Å². The van der Waals surface area contributed by atoms with Crippen LogP contribution in [0.2, 0.25) is 0 Å². The Kier molecular flexibility index (Phi) is 6.39. The van der Waals surface area contributed by atoms with Crippen molar-refractivity contribution in [3.8, 4) is 0 Å². The van der Waals surface area contributed by atoms with E-state index in [2.05, 4.69) is 0 Å². The van der Waals surface area contributed by atoms with Crippen LogP contribution in [-0.2, 0) is 4.74 Å². The Morgan fingerprint density at radius 3 is 2.62 bits per heavy atom. The molecule has 42 valence electrons. The predicted molar refractivity (Wildman–Crippen MR) is 23.8 cm³/mol. The summed E-state index contributed by atoms with van der Waals surface area (Å²) in [5.74, 6) is 0.319. The number of rotatable bonds is 1. The van der Waals surface area contributed by atoms with Crippen LogP contribution in [0, 0.1) is 5.92 Å². The first-order valence-corrected chi connectivity index (χ1v) is 2.59. The average Bonchev–Trinajstić information content (AvgIpc) is 2.14. The third-order valence-electron chi connectivity index (χ3n) is 1.26. The van der Waals surface area contributed by atoms with Crippen molar-refractivity contribution in [2.75, 3.05) is 19.8 Å². The molecule has 1 aliphatic heterocycles. The van der Waals surface area contributed by atoms with Crippen LogP contribution < -0.4 is 56.5 Å². The zero-order chi connectivity index (χ0) is 5.11. The number of hydrogen-bond acceptors (Lipinski definition) is 2. The minimum atomic E-state index is 0. The van der Waals surface area contributed by atoms with Crippen LogP contribution in [0.4, 0.5) is 0 Å². The first-order chi connectivity index (χ1) is 3.43. The van der Waals surface area contributed by atoms with Crippen molar-refractivity contribution in [3.05, 3.63) is 0 Å². The van der Waals surface area contributed by atoms with Gasteiger partial charge >= 0.3 is 51.4 Å². The topological polar surface area (TPSA) is 32.3 Å². The summed E-state index contributed by atoms with van der Waals surface area (Å²) in [5.41, 5.74) is 0. The maximum Gasteiger partial charge on any atom is 1.00 e. The van der Waals surface area contributed by atoms with E-state index in [1.807, 2.05) is 0 Å². The van der Waals surface area contributed by atoms with Gasteiger partial charge < -0.3 is 9.84 Å². The van der Waals surface area contributed by atoms with Crippen molar-refractivity contribution < 1.29 is 61.2 Å². The molecule has 1 heterocycles. The number of hydrogen-bond donors (Lipinski definition) is 0. The minimum absolute atomic E-state index is 0. The van der Waals surface area contributed by atoms with E-state index in [9.17, 15) is 5.11 Å². The normalized spacial score (nSPS) is 27.4. The van der Waals surface area contributed by atoms with E-state index >= 15 is 0 Å². The molecule has 2 nitrogen and oxygen atoms in total. The standard InChI is InChI=1S/C5H9O2.K/c6-3-5-1-2-7-4-5;/h5H,1-4H2;/q-1;+1. The maximum atomic E-state index is 10.1. The molecule has 1 rings (SSSR count). The Balaban J connectivity index is 0.000000490. The summed E-state index contributed by atoms with van der Waals surface area (Å²) in [6.45, 7) is 1.54. The second-order valence-corrected chi connectivity index (χ2v) is 1.90. The molecular weight excluding hydrogens is 131 g/mol. The van der Waals surface area contributed by atoms with Crippen molar-refractivity contribution in [2.45, 2.75) is 6.42 Å². The molecule has 0 spiro atoms. The molecule has 0 amide bonds. The molecule has 0 aromatic heterocycles. The first kappa shape index (κ1) is 9.56. The zero-order valence-corrected chi connectivity index (χ0v) is 8.35. The SMILES string of the molecule is [K+].[O-]CC1CCOC1. The van der Waals surface area contributed by atoms with Gasteiger partial charge in [0.15, 0.2) is 0 Å². The van der Waals surface area contributed by atoms with E-state index in [-0.39, 0.29) is 58.0 Å². The summed E-state index contributed by atoms with van der Waals surface area (Å²) in [6, 6.07) is 0. The zero-order valence-electron chi connectivity index (χ0n) is 5.22. The second kappa shape index (κ2) is 5.35. The summed E-state index contributed by atoms with van der Waals surface area (Å²) in [5, 5.41) is 10.1. The molecule has 1 fully saturated rings. The van der Waals surface area contributed by atoms with Gasteiger partial charge in [0.1, 0.15) is 0 Å².